The quantitative estimate of drug-likeness (QED) is 0.777. The van der Waals surface area contributed by atoms with Gasteiger partial charge in [0.25, 0.3) is 0 Å². The molecular formula is C17H17ClO4. The molecule has 22 heavy (non-hydrogen) atoms. The summed E-state index contributed by atoms with van der Waals surface area (Å²) >= 11 is 5.95. The van der Waals surface area contributed by atoms with Gasteiger partial charge in [0.1, 0.15) is 11.5 Å². The number of rotatable bonds is 7. The molecule has 0 heterocycles. The second-order valence-electron chi connectivity index (χ2n) is 4.79. The van der Waals surface area contributed by atoms with E-state index in [4.69, 9.17) is 26.2 Å². The maximum Gasteiger partial charge on any atom is 0.335 e. The van der Waals surface area contributed by atoms with Gasteiger partial charge in [-0.3, -0.25) is 0 Å². The molecule has 0 spiro atoms. The lowest BCUT2D eigenvalue weighted by molar-refractivity contribution is 0.0697. The largest absolute Gasteiger partial charge is 0.493 e. The van der Waals surface area contributed by atoms with Crippen LogP contribution in [0.2, 0.25) is 5.02 Å². The van der Waals surface area contributed by atoms with Crippen molar-refractivity contribution in [3.8, 4) is 11.5 Å². The van der Waals surface area contributed by atoms with Crippen molar-refractivity contribution in [2.45, 2.75) is 13.3 Å². The molecular weight excluding hydrogens is 304 g/mol. The number of hydrogen-bond acceptors (Lipinski definition) is 3. The molecule has 0 amide bonds. The first kappa shape index (κ1) is 16.2. The van der Waals surface area contributed by atoms with Gasteiger partial charge >= 0.3 is 5.97 Å². The molecule has 0 aliphatic carbocycles. The summed E-state index contributed by atoms with van der Waals surface area (Å²) in [5.74, 6) is 0.484. The van der Waals surface area contributed by atoms with E-state index in [1.165, 1.54) is 12.1 Å². The normalized spacial score (nSPS) is 10.3. The van der Waals surface area contributed by atoms with Crippen molar-refractivity contribution >= 4 is 17.6 Å². The zero-order chi connectivity index (χ0) is 15.9. The zero-order valence-electron chi connectivity index (χ0n) is 12.2. The number of carboxylic acid groups (broad SMARTS) is 1. The van der Waals surface area contributed by atoms with Gasteiger partial charge in [0.05, 0.1) is 18.8 Å². The van der Waals surface area contributed by atoms with Crippen LogP contribution in [-0.2, 0) is 0 Å². The summed E-state index contributed by atoms with van der Waals surface area (Å²) in [7, 11) is 0. The SMILES string of the molecule is Cc1cc(OCCCOc2ccc(C(=O)O)cc2)ccc1Cl. The second kappa shape index (κ2) is 7.71. The number of ether oxygens (including phenoxy) is 2. The maximum atomic E-state index is 10.7. The van der Waals surface area contributed by atoms with Gasteiger partial charge in [0.2, 0.25) is 0 Å². The first-order valence-corrected chi connectivity index (χ1v) is 7.29. The third kappa shape index (κ3) is 4.67. The standard InChI is InChI=1S/C17H17ClO4/c1-12-11-15(7-8-16(12)18)22-10-2-9-21-14-5-3-13(4-6-14)17(19)20/h3-8,11H,2,9-10H2,1H3,(H,19,20). The minimum atomic E-state index is -0.946. The van der Waals surface area contributed by atoms with E-state index in [-0.39, 0.29) is 5.56 Å². The minimum absolute atomic E-state index is 0.244. The molecule has 2 aromatic rings. The Morgan fingerprint density at radius 3 is 2.23 bits per heavy atom. The molecule has 0 bridgehead atoms. The summed E-state index contributed by atoms with van der Waals surface area (Å²) in [5, 5.41) is 9.52. The van der Waals surface area contributed by atoms with E-state index >= 15 is 0 Å². The zero-order valence-corrected chi connectivity index (χ0v) is 13.0. The Morgan fingerprint density at radius 2 is 1.64 bits per heavy atom. The van der Waals surface area contributed by atoms with Crippen molar-refractivity contribution in [3.05, 3.63) is 58.6 Å². The van der Waals surface area contributed by atoms with Crippen LogP contribution in [0.15, 0.2) is 42.5 Å². The molecule has 2 aromatic carbocycles. The van der Waals surface area contributed by atoms with Crippen LogP contribution in [-0.4, -0.2) is 24.3 Å². The summed E-state index contributed by atoms with van der Waals surface area (Å²) < 4.78 is 11.1. The smallest absolute Gasteiger partial charge is 0.335 e. The molecule has 4 nitrogen and oxygen atoms in total. The number of aryl methyl sites for hydroxylation is 1. The van der Waals surface area contributed by atoms with E-state index in [0.717, 1.165) is 22.8 Å². The van der Waals surface area contributed by atoms with Gasteiger partial charge in [-0.1, -0.05) is 11.6 Å². The molecule has 5 heteroatoms. The van der Waals surface area contributed by atoms with Crippen LogP contribution in [0.5, 0.6) is 11.5 Å². The van der Waals surface area contributed by atoms with Crippen molar-refractivity contribution < 1.29 is 19.4 Å². The highest BCUT2D eigenvalue weighted by Gasteiger charge is 2.02. The average Bonchev–Trinajstić information content (AvgIpc) is 2.51. The summed E-state index contributed by atoms with van der Waals surface area (Å²) in [5.41, 5.74) is 1.22. The number of carbonyl (C=O) groups is 1. The van der Waals surface area contributed by atoms with Gasteiger partial charge in [0.15, 0.2) is 0 Å². The summed E-state index contributed by atoms with van der Waals surface area (Å²) in [4.78, 5) is 10.7. The molecule has 0 radical (unpaired) electrons. The number of aromatic carboxylic acids is 1. The predicted octanol–water partition coefficient (Wildman–Crippen LogP) is 4.19. The fourth-order valence-electron chi connectivity index (χ4n) is 1.84. The second-order valence-corrected chi connectivity index (χ2v) is 5.20. The van der Waals surface area contributed by atoms with Gasteiger partial charge in [-0.05, 0) is 55.0 Å². The molecule has 0 atom stereocenters. The molecule has 116 valence electrons. The van der Waals surface area contributed by atoms with Crippen LogP contribution in [0.3, 0.4) is 0 Å². The van der Waals surface area contributed by atoms with Gasteiger partial charge in [-0.15, -0.1) is 0 Å². The van der Waals surface area contributed by atoms with Crippen LogP contribution in [0.4, 0.5) is 0 Å². The van der Waals surface area contributed by atoms with Crippen molar-refractivity contribution in [2.24, 2.45) is 0 Å². The van der Waals surface area contributed by atoms with Crippen LogP contribution in [0.25, 0.3) is 0 Å². The highest BCUT2D eigenvalue weighted by Crippen LogP contribution is 2.21. The van der Waals surface area contributed by atoms with Crippen LogP contribution < -0.4 is 9.47 Å². The highest BCUT2D eigenvalue weighted by atomic mass is 35.5. The predicted molar refractivity (Wildman–Crippen MR) is 85.2 cm³/mol. The lowest BCUT2D eigenvalue weighted by Gasteiger charge is -2.09. The molecule has 0 aliphatic heterocycles. The van der Waals surface area contributed by atoms with Gasteiger partial charge in [-0.2, -0.15) is 0 Å². The van der Waals surface area contributed by atoms with E-state index in [0.29, 0.717) is 19.0 Å². The number of carboxylic acids is 1. The van der Waals surface area contributed by atoms with E-state index < -0.39 is 5.97 Å². The van der Waals surface area contributed by atoms with Gasteiger partial charge in [-0.25, -0.2) is 4.79 Å². The first-order chi connectivity index (χ1) is 10.6. The summed E-state index contributed by atoms with van der Waals surface area (Å²) in [6.07, 6.45) is 0.725. The van der Waals surface area contributed by atoms with E-state index in [1.807, 2.05) is 25.1 Å². The molecule has 2 rings (SSSR count). The van der Waals surface area contributed by atoms with Crippen molar-refractivity contribution in [1.82, 2.24) is 0 Å². The number of halogens is 1. The summed E-state index contributed by atoms with van der Waals surface area (Å²) in [6, 6.07) is 11.9. The number of benzene rings is 2. The Morgan fingerprint density at radius 1 is 1.05 bits per heavy atom. The minimum Gasteiger partial charge on any atom is -0.493 e. The van der Waals surface area contributed by atoms with Gasteiger partial charge in [0, 0.05) is 11.4 Å². The van der Waals surface area contributed by atoms with Gasteiger partial charge < -0.3 is 14.6 Å². The third-order valence-electron chi connectivity index (χ3n) is 3.06. The van der Waals surface area contributed by atoms with Crippen LogP contribution >= 0.6 is 11.6 Å². The maximum absolute atomic E-state index is 10.7. The third-order valence-corrected chi connectivity index (χ3v) is 3.48. The van der Waals surface area contributed by atoms with E-state index in [1.54, 1.807) is 12.1 Å². The Bertz CT molecular complexity index is 638. The van der Waals surface area contributed by atoms with Crippen molar-refractivity contribution in [2.75, 3.05) is 13.2 Å². The molecule has 0 aromatic heterocycles. The molecule has 0 fully saturated rings. The Balaban J connectivity index is 1.70. The number of hydrogen-bond donors (Lipinski definition) is 1. The van der Waals surface area contributed by atoms with E-state index in [9.17, 15) is 4.79 Å². The lowest BCUT2D eigenvalue weighted by atomic mass is 10.2. The van der Waals surface area contributed by atoms with Crippen molar-refractivity contribution in [1.29, 1.82) is 0 Å². The fourth-order valence-corrected chi connectivity index (χ4v) is 1.96. The highest BCUT2D eigenvalue weighted by molar-refractivity contribution is 6.31. The fraction of sp³-hybridized carbons (Fsp3) is 0.235. The molecule has 0 unspecified atom stereocenters. The molecule has 0 saturated carbocycles. The lowest BCUT2D eigenvalue weighted by Crippen LogP contribution is -2.05. The Hall–Kier alpha value is -2.20. The van der Waals surface area contributed by atoms with Crippen LogP contribution in [0, 0.1) is 6.92 Å². The first-order valence-electron chi connectivity index (χ1n) is 6.91. The monoisotopic (exact) mass is 320 g/mol. The molecule has 0 aliphatic rings. The Kier molecular flexibility index (Phi) is 5.67. The average molecular weight is 321 g/mol. The van der Waals surface area contributed by atoms with E-state index in [2.05, 4.69) is 0 Å². The van der Waals surface area contributed by atoms with Crippen molar-refractivity contribution in [3.63, 3.8) is 0 Å². The topological polar surface area (TPSA) is 55.8 Å². The summed E-state index contributed by atoms with van der Waals surface area (Å²) in [6.45, 7) is 2.96. The van der Waals surface area contributed by atoms with Crippen LogP contribution in [0.1, 0.15) is 22.3 Å². The Labute approximate surface area is 134 Å². The molecule has 1 N–H and O–H groups in total. The molecule has 0 saturated heterocycles.